The van der Waals surface area contributed by atoms with Gasteiger partial charge in [0, 0.05) is 48.8 Å². The second-order valence-corrected chi connectivity index (χ2v) is 17.5. The Labute approximate surface area is 323 Å². The second kappa shape index (κ2) is 15.4. The van der Waals surface area contributed by atoms with Gasteiger partial charge >= 0.3 is 23.9 Å². The van der Waals surface area contributed by atoms with Crippen molar-refractivity contribution in [3.05, 3.63) is 119 Å². The fourth-order valence-electron chi connectivity index (χ4n) is 5.86. The van der Waals surface area contributed by atoms with E-state index in [0.717, 1.165) is 71.0 Å². The molecule has 0 fully saturated rings. The van der Waals surface area contributed by atoms with E-state index in [1.165, 1.54) is 34.0 Å². The highest BCUT2D eigenvalue weighted by atomic mass is 32.1. The lowest BCUT2D eigenvalue weighted by molar-refractivity contribution is -0.137. The lowest BCUT2D eigenvalue weighted by atomic mass is 10.1. The van der Waals surface area contributed by atoms with Crippen molar-refractivity contribution in [3.8, 4) is 59.9 Å². The standard InChI is InChI=1S/C40H28O8S5/c41-35(42)15-21-1-5-23(6-2-21)27-9-11-29(49-27)33-17-25(19-37(45)46)39(52-33)31-13-14-32(51-31)40-26(20-38(47)48)18-34(53-40)30-12-10-28(50-30)24-7-3-22(4-8-24)16-36(43)44/h1-14,17-18H,15-16,19-20H2,(H,41,42)(H,43,44)(H,45,46)(H,47,48). The summed E-state index contributed by atoms with van der Waals surface area (Å²) >= 11 is 7.74. The molecule has 0 aliphatic heterocycles. The van der Waals surface area contributed by atoms with Gasteiger partial charge < -0.3 is 20.4 Å². The van der Waals surface area contributed by atoms with Gasteiger partial charge in [-0.15, -0.1) is 56.7 Å². The fraction of sp³-hybridized carbons (Fsp3) is 0.100. The molecule has 5 aromatic heterocycles. The van der Waals surface area contributed by atoms with Crippen LogP contribution in [0.4, 0.5) is 0 Å². The average molecular weight is 797 g/mol. The Kier molecular flexibility index (Phi) is 10.5. The van der Waals surface area contributed by atoms with Crippen LogP contribution in [0.3, 0.4) is 0 Å². The Morgan fingerprint density at radius 2 is 0.679 bits per heavy atom. The van der Waals surface area contributed by atoms with E-state index in [2.05, 4.69) is 0 Å². The summed E-state index contributed by atoms with van der Waals surface area (Å²) in [4.78, 5) is 55.4. The first-order valence-corrected chi connectivity index (χ1v) is 20.2. The Bertz CT molecular complexity index is 2300. The maximum absolute atomic E-state index is 11.9. The minimum atomic E-state index is -0.932. The molecule has 266 valence electrons. The fourth-order valence-corrected chi connectivity index (χ4v) is 11.7. The van der Waals surface area contributed by atoms with Gasteiger partial charge in [-0.05, 0) is 81.9 Å². The number of thiophene rings is 5. The highest BCUT2D eigenvalue weighted by molar-refractivity contribution is 7.30. The number of carbonyl (C=O) groups is 4. The number of carboxylic acid groups (broad SMARTS) is 4. The van der Waals surface area contributed by atoms with Crippen molar-refractivity contribution >= 4 is 80.6 Å². The number of hydrogen-bond acceptors (Lipinski definition) is 9. The molecule has 0 atom stereocenters. The molecule has 4 N–H and O–H groups in total. The van der Waals surface area contributed by atoms with E-state index in [1.807, 2.05) is 97.1 Å². The molecule has 2 aromatic carbocycles. The third kappa shape index (κ3) is 8.40. The second-order valence-electron chi connectivity index (χ2n) is 12.1. The molecular weight excluding hydrogens is 769 g/mol. The van der Waals surface area contributed by atoms with E-state index in [9.17, 15) is 29.4 Å². The van der Waals surface area contributed by atoms with Crippen LogP contribution >= 0.6 is 56.7 Å². The van der Waals surface area contributed by atoms with Crippen molar-refractivity contribution in [2.45, 2.75) is 25.7 Å². The number of aliphatic carboxylic acids is 4. The van der Waals surface area contributed by atoms with Gasteiger partial charge in [-0.1, -0.05) is 48.5 Å². The van der Waals surface area contributed by atoms with E-state index in [1.54, 1.807) is 22.7 Å². The van der Waals surface area contributed by atoms with E-state index < -0.39 is 23.9 Å². The minimum absolute atomic E-state index is 0.0377. The molecular formula is C40H28O8S5. The van der Waals surface area contributed by atoms with Crippen LogP contribution in [0.2, 0.25) is 0 Å². The van der Waals surface area contributed by atoms with E-state index >= 15 is 0 Å². The van der Waals surface area contributed by atoms with E-state index in [4.69, 9.17) is 10.2 Å². The molecule has 13 heteroatoms. The van der Waals surface area contributed by atoms with Gasteiger partial charge in [-0.2, -0.15) is 0 Å². The quantitative estimate of drug-likeness (QED) is 0.0850. The van der Waals surface area contributed by atoms with Crippen LogP contribution in [-0.2, 0) is 44.9 Å². The molecule has 0 spiro atoms. The van der Waals surface area contributed by atoms with Gasteiger partial charge in [0.15, 0.2) is 0 Å². The highest BCUT2D eigenvalue weighted by Crippen LogP contribution is 2.49. The molecule has 0 aliphatic carbocycles. The molecule has 0 aliphatic rings. The predicted molar refractivity (Wildman–Crippen MR) is 214 cm³/mol. The smallest absolute Gasteiger partial charge is 0.307 e. The first kappa shape index (κ1) is 36.2. The minimum Gasteiger partial charge on any atom is -0.481 e. The van der Waals surface area contributed by atoms with Crippen LogP contribution in [0.25, 0.3) is 59.9 Å². The van der Waals surface area contributed by atoms with Gasteiger partial charge in [0.25, 0.3) is 0 Å². The van der Waals surface area contributed by atoms with Gasteiger partial charge in [0.1, 0.15) is 0 Å². The summed E-state index contributed by atoms with van der Waals surface area (Å²) in [5.41, 5.74) is 4.81. The van der Waals surface area contributed by atoms with Crippen molar-refractivity contribution in [3.63, 3.8) is 0 Å². The monoisotopic (exact) mass is 796 g/mol. The van der Waals surface area contributed by atoms with E-state index in [-0.39, 0.29) is 25.7 Å². The first-order valence-electron chi connectivity index (χ1n) is 16.1. The van der Waals surface area contributed by atoms with Crippen LogP contribution in [0.1, 0.15) is 22.3 Å². The molecule has 0 unspecified atom stereocenters. The molecule has 7 rings (SSSR count). The number of hydrogen-bond donors (Lipinski definition) is 4. The average Bonchev–Trinajstić information content (AvgIpc) is 3.94. The summed E-state index contributed by atoms with van der Waals surface area (Å²) in [6.07, 6.45) is -0.356. The molecule has 0 amide bonds. The summed E-state index contributed by atoms with van der Waals surface area (Å²) in [6, 6.07) is 30.8. The lowest BCUT2D eigenvalue weighted by Crippen LogP contribution is -1.99. The Balaban J connectivity index is 1.17. The van der Waals surface area contributed by atoms with Gasteiger partial charge in [-0.3, -0.25) is 19.2 Å². The van der Waals surface area contributed by atoms with Crippen molar-refractivity contribution in [1.29, 1.82) is 0 Å². The summed E-state index contributed by atoms with van der Waals surface area (Å²) in [6.45, 7) is 0. The zero-order valence-electron chi connectivity index (χ0n) is 27.5. The Morgan fingerprint density at radius 1 is 0.358 bits per heavy atom. The molecule has 7 aromatic rings. The molecule has 0 radical (unpaired) electrons. The molecule has 5 heterocycles. The molecule has 53 heavy (non-hydrogen) atoms. The third-order valence-corrected chi connectivity index (χ3v) is 14.7. The first-order chi connectivity index (χ1) is 25.5. The number of carboxylic acids is 4. The normalized spacial score (nSPS) is 11.2. The van der Waals surface area contributed by atoms with Crippen molar-refractivity contribution < 1.29 is 39.6 Å². The van der Waals surface area contributed by atoms with E-state index in [0.29, 0.717) is 11.1 Å². The van der Waals surface area contributed by atoms with Crippen molar-refractivity contribution in [2.24, 2.45) is 0 Å². The van der Waals surface area contributed by atoms with Crippen LogP contribution in [0.5, 0.6) is 0 Å². The van der Waals surface area contributed by atoms with Crippen molar-refractivity contribution in [1.82, 2.24) is 0 Å². The van der Waals surface area contributed by atoms with Crippen LogP contribution in [0.15, 0.2) is 97.1 Å². The summed E-state index contributed by atoms with van der Waals surface area (Å²) < 4.78 is 0. The largest absolute Gasteiger partial charge is 0.481 e. The topological polar surface area (TPSA) is 149 Å². The number of rotatable bonds is 14. The summed E-state index contributed by atoms with van der Waals surface area (Å²) in [5.74, 6) is -3.62. The molecule has 0 saturated carbocycles. The molecule has 0 bridgehead atoms. The SMILES string of the molecule is O=C(O)Cc1ccc(-c2ccc(-c3cc(CC(=O)O)c(-c4ccc(-c5sc(-c6ccc(-c7ccc(CC(=O)O)cc7)s6)cc5CC(=O)O)s4)s3)s2)cc1. The molecule has 0 saturated heterocycles. The third-order valence-electron chi connectivity index (χ3n) is 8.24. The Morgan fingerprint density at radius 3 is 1.04 bits per heavy atom. The van der Waals surface area contributed by atoms with Crippen LogP contribution in [0, 0.1) is 0 Å². The summed E-state index contributed by atoms with van der Waals surface area (Å²) in [5, 5.41) is 37.7. The Hall–Kier alpha value is -5.18. The highest BCUT2D eigenvalue weighted by Gasteiger charge is 2.21. The van der Waals surface area contributed by atoms with Crippen molar-refractivity contribution in [2.75, 3.05) is 0 Å². The maximum Gasteiger partial charge on any atom is 0.307 e. The van der Waals surface area contributed by atoms with Crippen LogP contribution in [-0.4, -0.2) is 44.3 Å². The summed E-state index contributed by atoms with van der Waals surface area (Å²) in [7, 11) is 0. The molecule has 8 nitrogen and oxygen atoms in total. The predicted octanol–water partition coefficient (Wildman–Crippen LogP) is 10.5. The van der Waals surface area contributed by atoms with Gasteiger partial charge in [0.05, 0.1) is 25.7 Å². The number of benzene rings is 2. The van der Waals surface area contributed by atoms with Crippen LogP contribution < -0.4 is 0 Å². The van der Waals surface area contributed by atoms with Gasteiger partial charge in [0.2, 0.25) is 0 Å². The maximum atomic E-state index is 11.9. The zero-order chi connectivity index (χ0) is 37.2. The van der Waals surface area contributed by atoms with Gasteiger partial charge in [-0.25, -0.2) is 0 Å². The zero-order valence-corrected chi connectivity index (χ0v) is 31.6. The lowest BCUT2D eigenvalue weighted by Gasteiger charge is -2.00.